The van der Waals surface area contributed by atoms with Crippen molar-refractivity contribution in [3.05, 3.63) is 48.5 Å². The van der Waals surface area contributed by atoms with Crippen LogP contribution in [-0.2, 0) is 9.53 Å². The number of hydrogen-bond donors (Lipinski definition) is 0. The van der Waals surface area contributed by atoms with E-state index in [0.717, 1.165) is 42.6 Å². The Balaban J connectivity index is 1.92. The van der Waals surface area contributed by atoms with Gasteiger partial charge in [0.1, 0.15) is 11.5 Å². The fraction of sp³-hybridized carbons (Fsp3) is 0.500. The van der Waals surface area contributed by atoms with Crippen molar-refractivity contribution in [3.8, 4) is 22.6 Å². The summed E-state index contributed by atoms with van der Waals surface area (Å²) in [4.78, 5) is 12.1. The summed E-state index contributed by atoms with van der Waals surface area (Å²) in [6.07, 6.45) is -0.841. The monoisotopic (exact) mass is 466 g/mol. The zero-order valence-corrected chi connectivity index (χ0v) is 19.3. The molecule has 2 rings (SSSR count). The fourth-order valence-corrected chi connectivity index (χ4v) is 3.20. The molecule has 33 heavy (non-hydrogen) atoms. The highest BCUT2D eigenvalue weighted by atomic mass is 19.4. The molecule has 0 spiro atoms. The molecule has 1 unspecified atom stereocenters. The van der Waals surface area contributed by atoms with E-state index in [1.54, 1.807) is 12.1 Å². The number of hydrogen-bond acceptors (Lipinski definition) is 4. The summed E-state index contributed by atoms with van der Waals surface area (Å²) >= 11 is 0. The highest BCUT2D eigenvalue weighted by Crippen LogP contribution is 2.27. The maximum absolute atomic E-state index is 13.2. The van der Waals surface area contributed by atoms with E-state index in [4.69, 9.17) is 14.2 Å². The van der Waals surface area contributed by atoms with Crippen molar-refractivity contribution in [3.63, 3.8) is 0 Å². The van der Waals surface area contributed by atoms with Crippen LogP contribution in [0.5, 0.6) is 11.5 Å². The van der Waals surface area contributed by atoms with E-state index in [9.17, 15) is 18.0 Å². The second kappa shape index (κ2) is 13.9. The predicted octanol–water partition coefficient (Wildman–Crippen LogP) is 7.36. The zero-order chi connectivity index (χ0) is 24.1. The lowest BCUT2D eigenvalue weighted by Gasteiger charge is -2.19. The first-order valence-corrected chi connectivity index (χ1v) is 11.6. The van der Waals surface area contributed by atoms with Crippen molar-refractivity contribution < 1.29 is 32.2 Å². The van der Waals surface area contributed by atoms with Gasteiger partial charge in [-0.15, -0.1) is 0 Å². The highest BCUT2D eigenvalue weighted by molar-refractivity contribution is 5.78. The molecule has 2 aromatic carbocycles. The van der Waals surface area contributed by atoms with Gasteiger partial charge in [-0.3, -0.25) is 0 Å². The number of rotatable bonds is 14. The van der Waals surface area contributed by atoms with Gasteiger partial charge in [0.15, 0.2) is 0 Å². The standard InChI is InChI=1S/C26H33F3O4/c1-3-5-7-9-18-31-22-14-10-20(11-15-22)21-12-16-23(17-13-21)33-25(30)24(26(27,28)29)32-19-8-6-4-2/h10-17,24H,3-9,18-19H2,1-2H3. The average Bonchev–Trinajstić information content (AvgIpc) is 2.79. The Morgan fingerprint density at radius 3 is 1.82 bits per heavy atom. The largest absolute Gasteiger partial charge is 0.494 e. The minimum absolute atomic E-state index is 0.0298. The average molecular weight is 467 g/mol. The molecule has 0 saturated heterocycles. The molecule has 0 aliphatic rings. The summed E-state index contributed by atoms with van der Waals surface area (Å²) in [6, 6.07) is 13.9. The molecule has 0 radical (unpaired) electrons. The molecular weight excluding hydrogens is 433 g/mol. The summed E-state index contributed by atoms with van der Waals surface area (Å²) in [5, 5.41) is 0. The fourth-order valence-electron chi connectivity index (χ4n) is 3.20. The van der Waals surface area contributed by atoms with Gasteiger partial charge in [-0.2, -0.15) is 13.2 Å². The Bertz CT molecular complexity index is 817. The smallest absolute Gasteiger partial charge is 0.425 e. The molecule has 7 heteroatoms. The number of halogens is 3. The zero-order valence-electron chi connectivity index (χ0n) is 19.3. The summed E-state index contributed by atoms with van der Waals surface area (Å²) in [5.74, 6) is -0.646. The first-order valence-electron chi connectivity index (χ1n) is 11.6. The van der Waals surface area contributed by atoms with Crippen LogP contribution < -0.4 is 9.47 Å². The second-order valence-corrected chi connectivity index (χ2v) is 7.88. The van der Waals surface area contributed by atoms with E-state index in [-0.39, 0.29) is 12.4 Å². The molecule has 182 valence electrons. The van der Waals surface area contributed by atoms with Crippen LogP contribution in [-0.4, -0.2) is 31.5 Å². The molecule has 2 aromatic rings. The molecule has 0 N–H and O–H groups in total. The van der Waals surface area contributed by atoms with E-state index in [1.807, 2.05) is 31.2 Å². The van der Waals surface area contributed by atoms with Gasteiger partial charge in [-0.25, -0.2) is 4.79 Å². The molecular formula is C26H33F3O4. The Hall–Kier alpha value is -2.54. The van der Waals surface area contributed by atoms with Gasteiger partial charge in [-0.05, 0) is 48.2 Å². The Morgan fingerprint density at radius 2 is 1.27 bits per heavy atom. The van der Waals surface area contributed by atoms with E-state index in [0.29, 0.717) is 13.0 Å². The van der Waals surface area contributed by atoms with Crippen LogP contribution in [0.3, 0.4) is 0 Å². The number of ether oxygens (including phenoxy) is 3. The summed E-state index contributed by atoms with van der Waals surface area (Å²) < 4.78 is 55.0. The van der Waals surface area contributed by atoms with Gasteiger partial charge >= 0.3 is 12.1 Å². The Morgan fingerprint density at radius 1 is 0.758 bits per heavy atom. The van der Waals surface area contributed by atoms with Crippen molar-refractivity contribution in [2.75, 3.05) is 13.2 Å². The van der Waals surface area contributed by atoms with Gasteiger partial charge < -0.3 is 14.2 Å². The highest BCUT2D eigenvalue weighted by Gasteiger charge is 2.47. The molecule has 0 heterocycles. The van der Waals surface area contributed by atoms with Crippen molar-refractivity contribution in [1.82, 2.24) is 0 Å². The minimum Gasteiger partial charge on any atom is -0.494 e. The van der Waals surface area contributed by atoms with Crippen LogP contribution in [0.1, 0.15) is 58.8 Å². The quantitative estimate of drug-likeness (QED) is 0.166. The number of carbonyl (C=O) groups excluding carboxylic acids is 1. The lowest BCUT2D eigenvalue weighted by Crippen LogP contribution is -2.42. The van der Waals surface area contributed by atoms with E-state index >= 15 is 0 Å². The van der Waals surface area contributed by atoms with Crippen LogP contribution >= 0.6 is 0 Å². The Labute approximate surface area is 194 Å². The molecule has 0 aromatic heterocycles. The minimum atomic E-state index is -4.83. The maximum Gasteiger partial charge on any atom is 0.425 e. The summed E-state index contributed by atoms with van der Waals surface area (Å²) in [6.45, 7) is 4.63. The van der Waals surface area contributed by atoms with Crippen LogP contribution in [0.25, 0.3) is 11.1 Å². The molecule has 1 atom stereocenters. The number of benzene rings is 2. The van der Waals surface area contributed by atoms with Gasteiger partial charge in [0, 0.05) is 6.61 Å². The molecule has 0 fully saturated rings. The first-order chi connectivity index (χ1) is 15.8. The van der Waals surface area contributed by atoms with Crippen molar-refractivity contribution in [1.29, 1.82) is 0 Å². The molecule has 0 amide bonds. The van der Waals surface area contributed by atoms with Gasteiger partial charge in [0.25, 0.3) is 6.10 Å². The SMILES string of the molecule is CCCCCCOc1ccc(-c2ccc(OC(=O)C(OCCCCC)C(F)(F)F)cc2)cc1. The topological polar surface area (TPSA) is 44.8 Å². The first kappa shape index (κ1) is 26.7. The third kappa shape index (κ3) is 9.46. The number of unbranched alkanes of at least 4 members (excludes halogenated alkanes) is 5. The van der Waals surface area contributed by atoms with Gasteiger partial charge in [0.05, 0.1) is 6.61 Å². The molecule has 0 bridgehead atoms. The van der Waals surface area contributed by atoms with E-state index < -0.39 is 18.2 Å². The number of carbonyl (C=O) groups is 1. The lowest BCUT2D eigenvalue weighted by molar-refractivity contribution is -0.225. The number of alkyl halides is 3. The van der Waals surface area contributed by atoms with Crippen LogP contribution in [0.15, 0.2) is 48.5 Å². The van der Waals surface area contributed by atoms with Gasteiger partial charge in [0.2, 0.25) is 0 Å². The second-order valence-electron chi connectivity index (χ2n) is 7.88. The van der Waals surface area contributed by atoms with Gasteiger partial charge in [-0.1, -0.05) is 70.2 Å². The van der Waals surface area contributed by atoms with Crippen LogP contribution in [0.4, 0.5) is 13.2 Å². The normalized spacial score (nSPS) is 12.4. The lowest BCUT2D eigenvalue weighted by atomic mass is 10.1. The summed E-state index contributed by atoms with van der Waals surface area (Å²) in [5.41, 5.74) is 1.76. The van der Waals surface area contributed by atoms with Crippen LogP contribution in [0.2, 0.25) is 0 Å². The molecule has 4 nitrogen and oxygen atoms in total. The van der Waals surface area contributed by atoms with Crippen LogP contribution in [0, 0.1) is 0 Å². The molecule has 0 aliphatic carbocycles. The molecule has 0 saturated carbocycles. The predicted molar refractivity (Wildman–Crippen MR) is 122 cm³/mol. The number of esters is 1. The molecule has 0 aliphatic heterocycles. The third-order valence-electron chi connectivity index (χ3n) is 5.07. The Kier molecular flexibility index (Phi) is 11.2. The van der Waals surface area contributed by atoms with Crippen molar-refractivity contribution in [2.24, 2.45) is 0 Å². The maximum atomic E-state index is 13.2. The van der Waals surface area contributed by atoms with Crippen molar-refractivity contribution >= 4 is 5.97 Å². The van der Waals surface area contributed by atoms with E-state index in [1.165, 1.54) is 25.0 Å². The summed E-state index contributed by atoms with van der Waals surface area (Å²) in [7, 11) is 0. The van der Waals surface area contributed by atoms with E-state index in [2.05, 4.69) is 6.92 Å². The van der Waals surface area contributed by atoms with Crippen molar-refractivity contribution in [2.45, 2.75) is 71.1 Å². The third-order valence-corrected chi connectivity index (χ3v) is 5.07.